The number of H-pyrrole nitrogens is 2. The van der Waals surface area contributed by atoms with Crippen LogP contribution in [0.1, 0.15) is 11.3 Å². The number of carbonyl (C=O) groups is 1. The Morgan fingerprint density at radius 3 is 2.42 bits per heavy atom. The van der Waals surface area contributed by atoms with Gasteiger partial charge in [-0.15, -0.1) is 0 Å². The minimum absolute atomic E-state index is 0.244. The molecule has 0 saturated carbocycles. The first kappa shape index (κ1) is 16.7. The number of hydrogen-bond acceptors (Lipinski definition) is 7. The van der Waals surface area contributed by atoms with Gasteiger partial charge in [-0.1, -0.05) is 18.2 Å². The molecule has 124 valence electrons. The number of aromatic amines is 2. The highest BCUT2D eigenvalue weighted by molar-refractivity contribution is 5.71. The SMILES string of the molecule is O=C([O-])COc1ccc(C=Cc2[nH]c(=O)[nH]c(=O)c2[N+](=O)[O-])cc1. The molecule has 0 radical (unpaired) electrons. The quantitative estimate of drug-likeness (QED) is 0.521. The fourth-order valence-electron chi connectivity index (χ4n) is 1.80. The molecule has 0 unspecified atom stereocenters. The van der Waals surface area contributed by atoms with Gasteiger partial charge < -0.3 is 19.6 Å². The Morgan fingerprint density at radius 2 is 1.83 bits per heavy atom. The van der Waals surface area contributed by atoms with Crippen LogP contribution in [0.5, 0.6) is 5.75 Å². The van der Waals surface area contributed by atoms with E-state index >= 15 is 0 Å². The van der Waals surface area contributed by atoms with Gasteiger partial charge in [0.25, 0.3) is 0 Å². The first-order valence-corrected chi connectivity index (χ1v) is 6.48. The zero-order valence-corrected chi connectivity index (χ0v) is 12.0. The van der Waals surface area contributed by atoms with Crippen LogP contribution in [0.4, 0.5) is 5.69 Å². The van der Waals surface area contributed by atoms with Crippen molar-refractivity contribution in [2.24, 2.45) is 0 Å². The molecular weight excluding hydrogens is 322 g/mol. The molecule has 0 aliphatic heterocycles. The van der Waals surface area contributed by atoms with Crippen LogP contribution in [0, 0.1) is 10.1 Å². The zero-order chi connectivity index (χ0) is 17.7. The highest BCUT2D eigenvalue weighted by atomic mass is 16.6. The summed E-state index contributed by atoms with van der Waals surface area (Å²) >= 11 is 0. The van der Waals surface area contributed by atoms with Crippen LogP contribution in [0.15, 0.2) is 33.9 Å². The lowest BCUT2D eigenvalue weighted by Gasteiger charge is -2.06. The molecule has 0 fully saturated rings. The molecule has 0 saturated heterocycles. The smallest absolute Gasteiger partial charge is 0.357 e. The zero-order valence-electron chi connectivity index (χ0n) is 12.0. The van der Waals surface area contributed by atoms with Gasteiger partial charge in [-0.2, -0.15) is 0 Å². The Kier molecular flexibility index (Phi) is 4.90. The van der Waals surface area contributed by atoms with E-state index in [9.17, 15) is 29.6 Å². The molecule has 0 aliphatic carbocycles. The van der Waals surface area contributed by atoms with Crippen LogP contribution in [0.25, 0.3) is 12.2 Å². The van der Waals surface area contributed by atoms with Crippen molar-refractivity contribution in [1.82, 2.24) is 9.97 Å². The van der Waals surface area contributed by atoms with Crippen molar-refractivity contribution in [3.05, 3.63) is 66.5 Å². The van der Waals surface area contributed by atoms with E-state index in [0.717, 1.165) is 0 Å². The summed E-state index contributed by atoms with van der Waals surface area (Å²) in [5.74, 6) is -1.06. The predicted molar refractivity (Wildman–Crippen MR) is 80.2 cm³/mol. The van der Waals surface area contributed by atoms with E-state index in [2.05, 4.69) is 4.98 Å². The number of ether oxygens (including phenoxy) is 1. The topological polar surface area (TPSA) is 158 Å². The van der Waals surface area contributed by atoms with E-state index < -0.39 is 34.4 Å². The number of carboxylic acid groups (broad SMARTS) is 1. The number of carbonyl (C=O) groups excluding carboxylic acids is 1. The third-order valence-electron chi connectivity index (χ3n) is 2.81. The molecule has 0 amide bonds. The highest BCUT2D eigenvalue weighted by Crippen LogP contribution is 2.16. The van der Waals surface area contributed by atoms with Gasteiger partial charge in [0, 0.05) is 0 Å². The number of carboxylic acids is 1. The van der Waals surface area contributed by atoms with Gasteiger partial charge in [0.2, 0.25) is 0 Å². The number of hydrogen-bond donors (Lipinski definition) is 2. The van der Waals surface area contributed by atoms with E-state index in [0.29, 0.717) is 11.3 Å². The number of benzene rings is 1. The van der Waals surface area contributed by atoms with Crippen molar-refractivity contribution >= 4 is 23.8 Å². The summed E-state index contributed by atoms with van der Waals surface area (Å²) in [6.45, 7) is -0.588. The number of nitrogens with one attached hydrogen (secondary N) is 2. The second-order valence-electron chi connectivity index (χ2n) is 4.49. The molecule has 0 bridgehead atoms. The number of nitrogens with zero attached hydrogens (tertiary/aromatic N) is 1. The van der Waals surface area contributed by atoms with Gasteiger partial charge in [-0.3, -0.25) is 19.9 Å². The maximum absolute atomic E-state index is 11.5. The highest BCUT2D eigenvalue weighted by Gasteiger charge is 2.18. The van der Waals surface area contributed by atoms with Crippen LogP contribution in [-0.2, 0) is 4.79 Å². The molecule has 1 aromatic carbocycles. The van der Waals surface area contributed by atoms with Gasteiger partial charge in [-0.25, -0.2) is 4.79 Å². The summed E-state index contributed by atoms with van der Waals surface area (Å²) in [6, 6.07) is 6.07. The maximum Gasteiger partial charge on any atom is 0.357 e. The summed E-state index contributed by atoms with van der Waals surface area (Å²) in [6.07, 6.45) is 2.64. The van der Waals surface area contributed by atoms with Crippen molar-refractivity contribution in [3.63, 3.8) is 0 Å². The molecule has 2 aromatic rings. The van der Waals surface area contributed by atoms with Gasteiger partial charge in [0.1, 0.15) is 18.1 Å². The molecule has 10 nitrogen and oxygen atoms in total. The molecule has 0 aliphatic rings. The summed E-state index contributed by atoms with van der Waals surface area (Å²) in [4.78, 5) is 46.9. The van der Waals surface area contributed by atoms with E-state index in [4.69, 9.17) is 4.74 Å². The number of aromatic nitrogens is 2. The molecule has 24 heavy (non-hydrogen) atoms. The van der Waals surface area contributed by atoms with Crippen molar-refractivity contribution in [3.8, 4) is 5.75 Å². The first-order valence-electron chi connectivity index (χ1n) is 6.48. The summed E-state index contributed by atoms with van der Waals surface area (Å²) < 4.78 is 4.90. The van der Waals surface area contributed by atoms with Gasteiger partial charge in [0.05, 0.1) is 10.9 Å². The Labute approximate surface area is 133 Å². The Bertz CT molecular complexity index is 909. The van der Waals surface area contributed by atoms with Crippen molar-refractivity contribution in [1.29, 1.82) is 0 Å². The number of rotatable bonds is 6. The average molecular weight is 332 g/mol. The second-order valence-corrected chi connectivity index (χ2v) is 4.49. The largest absolute Gasteiger partial charge is 0.546 e. The first-order chi connectivity index (χ1) is 11.4. The van der Waals surface area contributed by atoms with E-state index in [1.165, 1.54) is 24.3 Å². The fraction of sp³-hybridized carbons (Fsp3) is 0.0714. The molecule has 10 heteroatoms. The van der Waals surface area contributed by atoms with Crippen molar-refractivity contribution < 1.29 is 19.6 Å². The Morgan fingerprint density at radius 1 is 1.17 bits per heavy atom. The van der Waals surface area contributed by atoms with Crippen molar-refractivity contribution in [2.75, 3.05) is 6.61 Å². The third kappa shape index (κ3) is 4.16. The van der Waals surface area contributed by atoms with Crippen LogP contribution < -0.4 is 21.1 Å². The van der Waals surface area contributed by atoms with E-state index in [-0.39, 0.29) is 5.69 Å². The summed E-state index contributed by atoms with van der Waals surface area (Å²) in [5.41, 5.74) is -2.41. The van der Waals surface area contributed by atoms with Gasteiger partial charge >= 0.3 is 16.9 Å². The van der Waals surface area contributed by atoms with Crippen LogP contribution >= 0.6 is 0 Å². The fourth-order valence-corrected chi connectivity index (χ4v) is 1.80. The van der Waals surface area contributed by atoms with Crippen LogP contribution in [-0.4, -0.2) is 27.5 Å². The van der Waals surface area contributed by atoms with Crippen LogP contribution in [0.3, 0.4) is 0 Å². The monoisotopic (exact) mass is 332 g/mol. The normalized spacial score (nSPS) is 10.7. The summed E-state index contributed by atoms with van der Waals surface area (Å²) in [7, 11) is 0. The van der Waals surface area contributed by atoms with Gasteiger partial charge in [0.15, 0.2) is 0 Å². The maximum atomic E-state index is 11.5. The van der Waals surface area contributed by atoms with Crippen molar-refractivity contribution in [2.45, 2.75) is 0 Å². The molecule has 0 atom stereocenters. The molecule has 1 heterocycles. The molecular formula is C14H10N3O7-. The van der Waals surface area contributed by atoms with Crippen LogP contribution in [0.2, 0.25) is 0 Å². The standard InChI is InChI=1S/C14H11N3O7/c18-11(19)7-24-9-4-1-8(2-5-9)3-6-10-12(17(22)23)13(20)16-14(21)15-10/h1-6H,7H2,(H,18,19)(H2,15,16,20,21)/p-1. The molecule has 0 spiro atoms. The minimum atomic E-state index is -1.36. The third-order valence-corrected chi connectivity index (χ3v) is 2.81. The second kappa shape index (κ2) is 7.05. The average Bonchev–Trinajstić information content (AvgIpc) is 2.50. The molecule has 2 N–H and O–H groups in total. The number of nitro groups is 1. The Balaban J connectivity index is 2.25. The molecule has 1 aromatic heterocycles. The lowest BCUT2D eigenvalue weighted by molar-refractivity contribution is -0.386. The summed E-state index contributed by atoms with van der Waals surface area (Å²) in [5, 5.41) is 21.2. The van der Waals surface area contributed by atoms with E-state index in [1.54, 1.807) is 17.1 Å². The Hall–Kier alpha value is -3.69. The van der Waals surface area contributed by atoms with Gasteiger partial charge in [-0.05, 0) is 23.8 Å². The minimum Gasteiger partial charge on any atom is -0.546 e. The predicted octanol–water partition coefficient (Wildman–Crippen LogP) is -0.729. The lowest BCUT2D eigenvalue weighted by Crippen LogP contribution is -2.28. The lowest BCUT2D eigenvalue weighted by atomic mass is 10.2. The number of aliphatic carboxylic acids is 1. The molecule has 2 rings (SSSR count). The van der Waals surface area contributed by atoms with E-state index in [1.807, 2.05) is 0 Å².